The summed E-state index contributed by atoms with van der Waals surface area (Å²) < 4.78 is 4.85. The Morgan fingerprint density at radius 3 is 2.73 bits per heavy atom. The molecule has 4 nitrogen and oxygen atoms in total. The summed E-state index contributed by atoms with van der Waals surface area (Å²) in [5, 5.41) is 6.22. The summed E-state index contributed by atoms with van der Waals surface area (Å²) in [4.78, 5) is 11.3. The highest BCUT2D eigenvalue weighted by Crippen LogP contribution is 2.17. The molecular weight excluding hydrogens is 192 g/mol. The van der Waals surface area contributed by atoms with E-state index in [0.29, 0.717) is 25.6 Å². The third-order valence-corrected chi connectivity index (χ3v) is 2.77. The molecule has 88 valence electrons. The van der Waals surface area contributed by atoms with Gasteiger partial charge in [-0.1, -0.05) is 12.8 Å². The summed E-state index contributed by atoms with van der Waals surface area (Å²) in [6, 6.07) is 0.650. The number of ether oxygens (including phenoxy) is 1. The number of nitrogens with one attached hydrogen (secondary N) is 2. The van der Waals surface area contributed by atoms with Crippen LogP contribution in [0.5, 0.6) is 0 Å². The van der Waals surface area contributed by atoms with Crippen LogP contribution in [0.15, 0.2) is 0 Å². The zero-order valence-electron chi connectivity index (χ0n) is 9.55. The number of hydrogen-bond acceptors (Lipinski definition) is 3. The molecule has 0 aromatic heterocycles. The first-order chi connectivity index (χ1) is 7.33. The van der Waals surface area contributed by atoms with Gasteiger partial charge in [0, 0.05) is 32.7 Å². The van der Waals surface area contributed by atoms with Gasteiger partial charge >= 0.3 is 0 Å². The van der Waals surface area contributed by atoms with Gasteiger partial charge in [-0.3, -0.25) is 4.79 Å². The average molecular weight is 214 g/mol. The van der Waals surface area contributed by atoms with Crippen LogP contribution < -0.4 is 10.6 Å². The van der Waals surface area contributed by atoms with Crippen LogP contribution in [0.25, 0.3) is 0 Å². The number of carbonyl (C=O) groups is 1. The van der Waals surface area contributed by atoms with E-state index in [1.807, 2.05) is 0 Å². The summed E-state index contributed by atoms with van der Waals surface area (Å²) >= 11 is 0. The minimum Gasteiger partial charge on any atom is -0.383 e. The minimum absolute atomic E-state index is 0.109. The molecule has 0 unspecified atom stereocenters. The lowest BCUT2D eigenvalue weighted by molar-refractivity contribution is -0.121. The number of rotatable bonds is 7. The molecular formula is C11H22N2O2. The first-order valence-corrected chi connectivity index (χ1v) is 5.82. The second-order valence-electron chi connectivity index (χ2n) is 4.03. The minimum atomic E-state index is 0.109. The Kier molecular flexibility index (Phi) is 6.36. The van der Waals surface area contributed by atoms with E-state index in [2.05, 4.69) is 10.6 Å². The van der Waals surface area contributed by atoms with Crippen LogP contribution in [-0.4, -0.2) is 38.8 Å². The summed E-state index contributed by atoms with van der Waals surface area (Å²) in [6.45, 7) is 1.99. The average Bonchev–Trinajstić information content (AvgIpc) is 2.71. The molecule has 2 N–H and O–H groups in total. The van der Waals surface area contributed by atoms with E-state index in [4.69, 9.17) is 4.74 Å². The van der Waals surface area contributed by atoms with Crippen LogP contribution in [0.3, 0.4) is 0 Å². The van der Waals surface area contributed by atoms with Crippen LogP contribution in [0, 0.1) is 0 Å². The molecule has 1 aliphatic carbocycles. The highest BCUT2D eigenvalue weighted by atomic mass is 16.5. The van der Waals surface area contributed by atoms with E-state index in [9.17, 15) is 4.79 Å². The van der Waals surface area contributed by atoms with E-state index in [1.54, 1.807) is 7.11 Å². The van der Waals surface area contributed by atoms with Crippen LogP contribution >= 0.6 is 0 Å². The van der Waals surface area contributed by atoms with Gasteiger partial charge < -0.3 is 15.4 Å². The van der Waals surface area contributed by atoms with Crippen LogP contribution in [0.4, 0.5) is 0 Å². The number of carbonyl (C=O) groups excluding carboxylic acids is 1. The topological polar surface area (TPSA) is 50.4 Å². The van der Waals surface area contributed by atoms with Crippen molar-refractivity contribution in [1.29, 1.82) is 0 Å². The highest BCUT2D eigenvalue weighted by molar-refractivity contribution is 5.76. The van der Waals surface area contributed by atoms with Crippen LogP contribution in [0.2, 0.25) is 0 Å². The number of amides is 1. The van der Waals surface area contributed by atoms with Gasteiger partial charge in [0.2, 0.25) is 5.91 Å². The number of methoxy groups -OCH3 is 1. The van der Waals surface area contributed by atoms with E-state index in [-0.39, 0.29) is 5.91 Å². The normalized spacial score (nSPS) is 16.9. The lowest BCUT2D eigenvalue weighted by Crippen LogP contribution is -2.33. The summed E-state index contributed by atoms with van der Waals surface area (Å²) in [5.41, 5.74) is 0. The fourth-order valence-corrected chi connectivity index (χ4v) is 1.90. The van der Waals surface area contributed by atoms with E-state index in [1.165, 1.54) is 25.7 Å². The second kappa shape index (κ2) is 7.65. The first kappa shape index (κ1) is 12.5. The van der Waals surface area contributed by atoms with Gasteiger partial charge in [-0.2, -0.15) is 0 Å². The van der Waals surface area contributed by atoms with E-state index < -0.39 is 0 Å². The standard InChI is InChI=1S/C11H22N2O2/c1-15-9-8-13-11(14)6-7-12-10-4-2-3-5-10/h10,12H,2-9H2,1H3,(H,13,14). The van der Waals surface area contributed by atoms with Crippen molar-refractivity contribution in [2.75, 3.05) is 26.8 Å². The van der Waals surface area contributed by atoms with Crippen molar-refractivity contribution in [3.63, 3.8) is 0 Å². The zero-order chi connectivity index (χ0) is 10.9. The van der Waals surface area contributed by atoms with Gasteiger partial charge in [0.15, 0.2) is 0 Å². The van der Waals surface area contributed by atoms with Crippen molar-refractivity contribution in [3.05, 3.63) is 0 Å². The first-order valence-electron chi connectivity index (χ1n) is 5.82. The molecule has 0 radical (unpaired) electrons. The Morgan fingerprint density at radius 1 is 1.33 bits per heavy atom. The molecule has 0 saturated heterocycles. The van der Waals surface area contributed by atoms with Gasteiger partial charge in [-0.05, 0) is 12.8 Å². The van der Waals surface area contributed by atoms with Crippen LogP contribution in [0.1, 0.15) is 32.1 Å². The van der Waals surface area contributed by atoms with Crippen molar-refractivity contribution in [2.24, 2.45) is 0 Å². The lowest BCUT2D eigenvalue weighted by atomic mass is 10.2. The fourth-order valence-electron chi connectivity index (χ4n) is 1.90. The zero-order valence-corrected chi connectivity index (χ0v) is 9.55. The van der Waals surface area contributed by atoms with Crippen LogP contribution in [-0.2, 0) is 9.53 Å². The summed E-state index contributed by atoms with van der Waals surface area (Å²) in [6.07, 6.45) is 5.77. The third kappa shape index (κ3) is 5.74. The van der Waals surface area contributed by atoms with E-state index in [0.717, 1.165) is 6.54 Å². The molecule has 0 bridgehead atoms. The Morgan fingerprint density at radius 2 is 2.07 bits per heavy atom. The quantitative estimate of drug-likeness (QED) is 0.612. The maximum absolute atomic E-state index is 11.3. The summed E-state index contributed by atoms with van der Waals surface area (Å²) in [7, 11) is 1.63. The predicted octanol–water partition coefficient (Wildman–Crippen LogP) is 0.671. The largest absolute Gasteiger partial charge is 0.383 e. The molecule has 15 heavy (non-hydrogen) atoms. The van der Waals surface area contributed by atoms with Crippen molar-refractivity contribution in [3.8, 4) is 0 Å². The second-order valence-corrected chi connectivity index (χ2v) is 4.03. The molecule has 0 atom stereocenters. The van der Waals surface area contributed by atoms with Gasteiger partial charge in [0.05, 0.1) is 6.61 Å². The van der Waals surface area contributed by atoms with Crippen molar-refractivity contribution < 1.29 is 9.53 Å². The Hall–Kier alpha value is -0.610. The third-order valence-electron chi connectivity index (χ3n) is 2.77. The SMILES string of the molecule is COCCNC(=O)CCNC1CCCC1. The maximum Gasteiger partial charge on any atom is 0.221 e. The molecule has 0 heterocycles. The molecule has 0 spiro atoms. The van der Waals surface area contributed by atoms with Gasteiger partial charge in [0.1, 0.15) is 0 Å². The van der Waals surface area contributed by atoms with Gasteiger partial charge in [-0.15, -0.1) is 0 Å². The number of hydrogen-bond donors (Lipinski definition) is 2. The molecule has 0 aromatic carbocycles. The molecule has 4 heteroatoms. The molecule has 1 saturated carbocycles. The lowest BCUT2D eigenvalue weighted by Gasteiger charge is -2.11. The Balaban J connectivity index is 1.91. The molecule has 0 aromatic rings. The Bertz CT molecular complexity index is 179. The van der Waals surface area contributed by atoms with E-state index >= 15 is 0 Å². The predicted molar refractivity (Wildman–Crippen MR) is 59.8 cm³/mol. The molecule has 1 fully saturated rings. The van der Waals surface area contributed by atoms with Gasteiger partial charge in [-0.25, -0.2) is 0 Å². The monoisotopic (exact) mass is 214 g/mol. The summed E-state index contributed by atoms with van der Waals surface area (Å²) in [5.74, 6) is 0.109. The molecule has 1 rings (SSSR count). The smallest absolute Gasteiger partial charge is 0.221 e. The molecule has 0 aliphatic heterocycles. The van der Waals surface area contributed by atoms with Crippen molar-refractivity contribution in [1.82, 2.24) is 10.6 Å². The molecule has 1 amide bonds. The Labute approximate surface area is 91.8 Å². The van der Waals surface area contributed by atoms with Crippen molar-refractivity contribution >= 4 is 5.91 Å². The van der Waals surface area contributed by atoms with Gasteiger partial charge in [0.25, 0.3) is 0 Å². The highest BCUT2D eigenvalue weighted by Gasteiger charge is 2.13. The molecule has 1 aliphatic rings. The maximum atomic E-state index is 11.3. The van der Waals surface area contributed by atoms with Crippen molar-refractivity contribution in [2.45, 2.75) is 38.1 Å². The fraction of sp³-hybridized carbons (Fsp3) is 0.909.